The second-order valence-corrected chi connectivity index (χ2v) is 7.68. The van der Waals surface area contributed by atoms with Gasteiger partial charge in [0.05, 0.1) is 5.54 Å². The van der Waals surface area contributed by atoms with Crippen LogP contribution < -0.4 is 11.1 Å². The van der Waals surface area contributed by atoms with Crippen LogP contribution in [0.1, 0.15) is 50.5 Å². The molecule has 0 spiro atoms. The van der Waals surface area contributed by atoms with E-state index in [4.69, 9.17) is 22.1 Å². The molecule has 1 aromatic carbocycles. The molecule has 3 N–H and O–H groups in total. The molecule has 140 valence electrons. The van der Waals surface area contributed by atoms with E-state index in [0.717, 1.165) is 49.1 Å². The largest absolute Gasteiger partial charge is 0.381 e. The predicted molar refractivity (Wildman–Crippen MR) is 103 cm³/mol. The van der Waals surface area contributed by atoms with Crippen molar-refractivity contribution in [2.45, 2.75) is 55.9 Å². The van der Waals surface area contributed by atoms with Crippen LogP contribution in [0.3, 0.4) is 0 Å². The third-order valence-corrected chi connectivity index (χ3v) is 6.01. The molecular formula is C19H28Cl2N2O2. The highest BCUT2D eigenvalue weighted by atomic mass is 35.5. The van der Waals surface area contributed by atoms with Gasteiger partial charge >= 0.3 is 0 Å². The van der Waals surface area contributed by atoms with Gasteiger partial charge in [0.15, 0.2) is 0 Å². The summed E-state index contributed by atoms with van der Waals surface area (Å²) in [5, 5.41) is 3.91. The summed E-state index contributed by atoms with van der Waals surface area (Å²) in [6.45, 7) is 1.95. The van der Waals surface area contributed by atoms with Gasteiger partial charge in [-0.15, -0.1) is 12.4 Å². The summed E-state index contributed by atoms with van der Waals surface area (Å²) in [6.07, 6.45) is 6.51. The Hall–Kier alpha value is -0.810. The lowest BCUT2D eigenvalue weighted by Gasteiger charge is -2.40. The van der Waals surface area contributed by atoms with Crippen LogP contribution in [-0.2, 0) is 14.9 Å². The second-order valence-electron chi connectivity index (χ2n) is 7.27. The number of nitrogens with one attached hydrogen (secondary N) is 1. The summed E-state index contributed by atoms with van der Waals surface area (Å²) >= 11 is 6.46. The maximum atomic E-state index is 12.7. The van der Waals surface area contributed by atoms with Gasteiger partial charge in [0, 0.05) is 30.2 Å². The Kier molecular flexibility index (Phi) is 7.15. The van der Waals surface area contributed by atoms with Crippen LogP contribution in [-0.4, -0.2) is 31.2 Å². The van der Waals surface area contributed by atoms with E-state index >= 15 is 0 Å². The molecule has 1 aliphatic carbocycles. The lowest BCUT2D eigenvalue weighted by Crippen LogP contribution is -2.57. The predicted octanol–water partition coefficient (Wildman–Crippen LogP) is 3.59. The number of hydrogen-bond donors (Lipinski definition) is 2. The van der Waals surface area contributed by atoms with Crippen LogP contribution in [0.2, 0.25) is 5.02 Å². The first-order valence-corrected chi connectivity index (χ1v) is 9.34. The Bertz CT molecular complexity index is 583. The van der Waals surface area contributed by atoms with Crippen molar-refractivity contribution >= 4 is 29.9 Å². The van der Waals surface area contributed by atoms with E-state index in [1.807, 2.05) is 18.2 Å². The van der Waals surface area contributed by atoms with Crippen LogP contribution >= 0.6 is 24.0 Å². The van der Waals surface area contributed by atoms with E-state index in [-0.39, 0.29) is 23.7 Å². The number of amides is 1. The molecule has 6 heteroatoms. The molecule has 0 bridgehead atoms. The average Bonchev–Trinajstić information content (AvgIpc) is 2.61. The molecular weight excluding hydrogens is 359 g/mol. The molecule has 1 saturated carbocycles. The van der Waals surface area contributed by atoms with E-state index in [2.05, 4.69) is 11.4 Å². The van der Waals surface area contributed by atoms with Crippen molar-refractivity contribution in [1.82, 2.24) is 5.32 Å². The molecule has 1 heterocycles. The summed E-state index contributed by atoms with van der Waals surface area (Å²) in [5.74, 6) is -0.0138. The third-order valence-electron chi connectivity index (χ3n) is 5.68. The number of carbonyl (C=O) groups excluding carboxylic acids is 1. The number of carbonyl (C=O) groups is 1. The molecule has 1 amide bonds. The summed E-state index contributed by atoms with van der Waals surface area (Å²) in [6, 6.07) is 7.93. The van der Waals surface area contributed by atoms with Gasteiger partial charge < -0.3 is 15.8 Å². The number of benzene rings is 1. The minimum absolute atomic E-state index is 0. The minimum atomic E-state index is -0.703. The highest BCUT2D eigenvalue weighted by Gasteiger charge is 2.39. The zero-order chi connectivity index (χ0) is 17.0. The Balaban J connectivity index is 0.00000225. The fourth-order valence-corrected chi connectivity index (χ4v) is 4.37. The van der Waals surface area contributed by atoms with Crippen molar-refractivity contribution in [2.75, 3.05) is 19.8 Å². The molecule has 0 atom stereocenters. The summed E-state index contributed by atoms with van der Waals surface area (Å²) in [7, 11) is 0. The molecule has 0 radical (unpaired) electrons. The summed E-state index contributed by atoms with van der Waals surface area (Å²) in [4.78, 5) is 12.7. The molecule has 2 aliphatic rings. The maximum absolute atomic E-state index is 12.7. The van der Waals surface area contributed by atoms with Crippen molar-refractivity contribution in [3.05, 3.63) is 34.9 Å². The van der Waals surface area contributed by atoms with E-state index in [9.17, 15) is 4.79 Å². The maximum Gasteiger partial charge on any atom is 0.240 e. The Morgan fingerprint density at radius 3 is 2.40 bits per heavy atom. The quantitative estimate of drug-likeness (QED) is 0.830. The number of hydrogen-bond acceptors (Lipinski definition) is 3. The van der Waals surface area contributed by atoms with Crippen LogP contribution in [0, 0.1) is 0 Å². The SMILES string of the molecule is Cl.NC1(C(=O)NCC2(c3ccccc3Cl)CCOCC2)CCCCC1. The van der Waals surface area contributed by atoms with E-state index in [1.54, 1.807) is 0 Å². The zero-order valence-corrected chi connectivity index (χ0v) is 16.1. The molecule has 25 heavy (non-hydrogen) atoms. The smallest absolute Gasteiger partial charge is 0.240 e. The number of nitrogens with two attached hydrogens (primary N) is 1. The fourth-order valence-electron chi connectivity index (χ4n) is 4.03. The van der Waals surface area contributed by atoms with Gasteiger partial charge in [-0.1, -0.05) is 49.1 Å². The highest BCUT2D eigenvalue weighted by molar-refractivity contribution is 6.31. The number of halogens is 2. The molecule has 4 nitrogen and oxygen atoms in total. The lowest BCUT2D eigenvalue weighted by molar-refractivity contribution is -0.128. The van der Waals surface area contributed by atoms with E-state index in [0.29, 0.717) is 19.8 Å². The normalized spacial score (nSPS) is 21.8. The van der Waals surface area contributed by atoms with Crippen LogP contribution in [0.15, 0.2) is 24.3 Å². The second kappa shape index (κ2) is 8.72. The highest BCUT2D eigenvalue weighted by Crippen LogP contribution is 2.38. The molecule has 1 saturated heterocycles. The van der Waals surface area contributed by atoms with Gasteiger partial charge in [0.1, 0.15) is 0 Å². The monoisotopic (exact) mass is 386 g/mol. The van der Waals surface area contributed by atoms with Gasteiger partial charge in [-0.05, 0) is 37.3 Å². The molecule has 1 aliphatic heterocycles. The molecule has 1 aromatic rings. The van der Waals surface area contributed by atoms with Gasteiger partial charge in [0.25, 0.3) is 0 Å². The Morgan fingerprint density at radius 2 is 1.76 bits per heavy atom. The van der Waals surface area contributed by atoms with Gasteiger partial charge in [-0.3, -0.25) is 4.79 Å². The van der Waals surface area contributed by atoms with Crippen molar-refractivity contribution in [3.63, 3.8) is 0 Å². The lowest BCUT2D eigenvalue weighted by atomic mass is 9.73. The molecule has 0 aromatic heterocycles. The van der Waals surface area contributed by atoms with Gasteiger partial charge in [-0.25, -0.2) is 0 Å². The molecule has 0 unspecified atom stereocenters. The summed E-state index contributed by atoms with van der Waals surface area (Å²) < 4.78 is 5.55. The van der Waals surface area contributed by atoms with E-state index < -0.39 is 5.54 Å². The Morgan fingerprint density at radius 1 is 1.12 bits per heavy atom. The zero-order valence-electron chi connectivity index (χ0n) is 14.6. The molecule has 2 fully saturated rings. The van der Waals surface area contributed by atoms with Gasteiger partial charge in [0.2, 0.25) is 5.91 Å². The van der Waals surface area contributed by atoms with Crippen molar-refractivity contribution in [2.24, 2.45) is 5.73 Å². The molecule has 3 rings (SSSR count). The van der Waals surface area contributed by atoms with E-state index in [1.165, 1.54) is 6.42 Å². The fraction of sp³-hybridized carbons (Fsp3) is 0.632. The average molecular weight is 387 g/mol. The van der Waals surface area contributed by atoms with Gasteiger partial charge in [-0.2, -0.15) is 0 Å². The number of rotatable bonds is 4. The van der Waals surface area contributed by atoms with Crippen molar-refractivity contribution < 1.29 is 9.53 Å². The standard InChI is InChI=1S/C19H27ClN2O2.ClH/c20-16-7-3-2-6-15(16)18(10-12-24-13-11-18)14-22-17(23)19(21)8-4-1-5-9-19;/h2-3,6-7H,1,4-5,8-14,21H2,(H,22,23);1H. The first-order valence-electron chi connectivity index (χ1n) is 8.96. The van der Waals surface area contributed by atoms with Crippen molar-refractivity contribution in [3.8, 4) is 0 Å². The first-order chi connectivity index (χ1) is 11.6. The first kappa shape index (κ1) is 20.5. The van der Waals surface area contributed by atoms with Crippen LogP contribution in [0.5, 0.6) is 0 Å². The topological polar surface area (TPSA) is 64.4 Å². The third kappa shape index (κ3) is 4.48. The van der Waals surface area contributed by atoms with Crippen LogP contribution in [0.4, 0.5) is 0 Å². The number of ether oxygens (including phenoxy) is 1. The van der Waals surface area contributed by atoms with Crippen LogP contribution in [0.25, 0.3) is 0 Å². The van der Waals surface area contributed by atoms with Crippen molar-refractivity contribution in [1.29, 1.82) is 0 Å². The summed E-state index contributed by atoms with van der Waals surface area (Å²) in [5.41, 5.74) is 6.60. The minimum Gasteiger partial charge on any atom is -0.381 e. The Labute approximate surface area is 161 Å².